The highest BCUT2D eigenvalue weighted by Crippen LogP contribution is 2.22. The number of rotatable bonds is 4. The third kappa shape index (κ3) is 3.36. The Morgan fingerprint density at radius 1 is 1.30 bits per heavy atom. The summed E-state index contributed by atoms with van der Waals surface area (Å²) in [6, 6.07) is 11.3. The van der Waals surface area contributed by atoms with E-state index in [1.54, 1.807) is 30.3 Å². The van der Waals surface area contributed by atoms with Crippen LogP contribution in [0.4, 0.5) is 10.1 Å². The van der Waals surface area contributed by atoms with Crippen molar-refractivity contribution in [2.24, 2.45) is 0 Å². The summed E-state index contributed by atoms with van der Waals surface area (Å²) in [5.74, 6) is -0.429. The van der Waals surface area contributed by atoms with E-state index in [2.05, 4.69) is 21.2 Å². The number of anilines is 1. The molecule has 0 radical (unpaired) electrons. The second kappa shape index (κ2) is 6.52. The molecule has 1 amide bonds. The second-order valence-electron chi connectivity index (χ2n) is 4.01. The standard InChI is InChI=1S/C15H13BrFNO2/c1-2-20-14-6-4-3-5-11(14)15(19)18-13-8-7-10(16)9-12(13)17/h3-9H,2H2,1H3,(H,18,19). The van der Waals surface area contributed by atoms with Crippen molar-refractivity contribution >= 4 is 27.5 Å². The van der Waals surface area contributed by atoms with Crippen LogP contribution in [-0.2, 0) is 0 Å². The van der Waals surface area contributed by atoms with Crippen LogP contribution in [0.25, 0.3) is 0 Å². The number of carbonyl (C=O) groups excluding carboxylic acids is 1. The van der Waals surface area contributed by atoms with Gasteiger partial charge in [-0.25, -0.2) is 4.39 Å². The van der Waals surface area contributed by atoms with Crippen LogP contribution in [0, 0.1) is 5.82 Å². The molecule has 2 aromatic carbocycles. The van der Waals surface area contributed by atoms with Crippen LogP contribution in [0.3, 0.4) is 0 Å². The Morgan fingerprint density at radius 3 is 2.75 bits per heavy atom. The lowest BCUT2D eigenvalue weighted by Crippen LogP contribution is -2.14. The number of amides is 1. The smallest absolute Gasteiger partial charge is 0.259 e. The number of carbonyl (C=O) groups is 1. The predicted octanol–water partition coefficient (Wildman–Crippen LogP) is 4.24. The third-order valence-electron chi connectivity index (χ3n) is 2.61. The van der Waals surface area contributed by atoms with Gasteiger partial charge in [0.2, 0.25) is 0 Å². The zero-order chi connectivity index (χ0) is 14.5. The number of benzene rings is 2. The van der Waals surface area contributed by atoms with Gasteiger partial charge in [0.1, 0.15) is 11.6 Å². The molecule has 0 saturated heterocycles. The largest absolute Gasteiger partial charge is 0.493 e. The minimum atomic E-state index is -0.499. The van der Waals surface area contributed by atoms with Gasteiger partial charge < -0.3 is 10.1 Å². The van der Waals surface area contributed by atoms with Gasteiger partial charge in [0, 0.05) is 4.47 Å². The third-order valence-corrected chi connectivity index (χ3v) is 3.10. The first-order valence-corrected chi connectivity index (χ1v) is 6.89. The lowest BCUT2D eigenvalue weighted by Gasteiger charge is -2.11. The van der Waals surface area contributed by atoms with Gasteiger partial charge >= 0.3 is 0 Å². The Balaban J connectivity index is 2.24. The van der Waals surface area contributed by atoms with Gasteiger partial charge in [0.05, 0.1) is 17.9 Å². The Kier molecular flexibility index (Phi) is 4.74. The van der Waals surface area contributed by atoms with E-state index in [9.17, 15) is 9.18 Å². The van der Waals surface area contributed by atoms with E-state index in [1.807, 2.05) is 6.92 Å². The highest BCUT2D eigenvalue weighted by molar-refractivity contribution is 9.10. The molecule has 0 bridgehead atoms. The number of ether oxygens (including phenoxy) is 1. The Hall–Kier alpha value is -1.88. The Bertz CT molecular complexity index is 631. The summed E-state index contributed by atoms with van der Waals surface area (Å²) in [5.41, 5.74) is 0.501. The second-order valence-corrected chi connectivity index (χ2v) is 4.92. The van der Waals surface area contributed by atoms with E-state index in [1.165, 1.54) is 12.1 Å². The lowest BCUT2D eigenvalue weighted by atomic mass is 10.2. The molecule has 0 atom stereocenters. The van der Waals surface area contributed by atoms with Crippen molar-refractivity contribution in [3.8, 4) is 5.75 Å². The number of halogens is 2. The van der Waals surface area contributed by atoms with Crippen molar-refractivity contribution < 1.29 is 13.9 Å². The van der Waals surface area contributed by atoms with Gasteiger partial charge in [-0.15, -0.1) is 0 Å². The van der Waals surface area contributed by atoms with E-state index in [4.69, 9.17) is 4.74 Å². The van der Waals surface area contributed by atoms with Gasteiger partial charge in [-0.3, -0.25) is 4.79 Å². The van der Waals surface area contributed by atoms with Crippen LogP contribution in [-0.4, -0.2) is 12.5 Å². The van der Waals surface area contributed by atoms with Gasteiger partial charge in [-0.1, -0.05) is 28.1 Å². The van der Waals surface area contributed by atoms with Crippen molar-refractivity contribution in [2.45, 2.75) is 6.92 Å². The minimum absolute atomic E-state index is 0.129. The molecule has 0 aliphatic carbocycles. The average molecular weight is 338 g/mol. The first-order chi connectivity index (χ1) is 9.61. The summed E-state index contributed by atoms with van der Waals surface area (Å²) in [6.45, 7) is 2.29. The van der Waals surface area contributed by atoms with E-state index < -0.39 is 11.7 Å². The fourth-order valence-corrected chi connectivity index (χ4v) is 2.05. The predicted molar refractivity (Wildman–Crippen MR) is 79.7 cm³/mol. The summed E-state index contributed by atoms with van der Waals surface area (Å²) < 4.78 is 19.7. The maximum atomic E-state index is 13.7. The maximum absolute atomic E-state index is 13.7. The first-order valence-electron chi connectivity index (χ1n) is 6.10. The van der Waals surface area contributed by atoms with Crippen molar-refractivity contribution in [3.63, 3.8) is 0 Å². The van der Waals surface area contributed by atoms with Crippen LogP contribution < -0.4 is 10.1 Å². The molecule has 2 rings (SSSR count). The number of para-hydroxylation sites is 1. The monoisotopic (exact) mass is 337 g/mol. The molecule has 0 unspecified atom stereocenters. The van der Waals surface area contributed by atoms with Crippen LogP contribution in [0.1, 0.15) is 17.3 Å². The number of hydrogen-bond donors (Lipinski definition) is 1. The summed E-state index contributed by atoms with van der Waals surface area (Å²) in [4.78, 5) is 12.2. The molecular weight excluding hydrogens is 325 g/mol. The molecule has 0 fully saturated rings. The van der Waals surface area contributed by atoms with Crippen molar-refractivity contribution in [2.75, 3.05) is 11.9 Å². The Labute approximate surface area is 124 Å². The highest BCUT2D eigenvalue weighted by atomic mass is 79.9. The van der Waals surface area contributed by atoms with Crippen LogP contribution >= 0.6 is 15.9 Å². The van der Waals surface area contributed by atoms with E-state index in [0.717, 1.165) is 0 Å². The number of hydrogen-bond acceptors (Lipinski definition) is 2. The minimum Gasteiger partial charge on any atom is -0.493 e. The Morgan fingerprint density at radius 2 is 2.05 bits per heavy atom. The summed E-state index contributed by atoms with van der Waals surface area (Å²) >= 11 is 3.17. The van der Waals surface area contributed by atoms with Gasteiger partial charge in [-0.05, 0) is 37.3 Å². The summed E-state index contributed by atoms with van der Waals surface area (Å²) in [5, 5.41) is 2.54. The molecule has 104 valence electrons. The molecule has 0 aliphatic heterocycles. The van der Waals surface area contributed by atoms with Gasteiger partial charge in [-0.2, -0.15) is 0 Å². The summed E-state index contributed by atoms with van der Waals surface area (Å²) in [6.07, 6.45) is 0. The molecule has 1 N–H and O–H groups in total. The molecule has 0 aromatic heterocycles. The van der Waals surface area contributed by atoms with Crippen molar-refractivity contribution in [1.29, 1.82) is 0 Å². The molecule has 5 heteroatoms. The highest BCUT2D eigenvalue weighted by Gasteiger charge is 2.13. The fourth-order valence-electron chi connectivity index (χ4n) is 1.72. The molecule has 0 aliphatic rings. The summed E-state index contributed by atoms with van der Waals surface area (Å²) in [7, 11) is 0. The molecule has 0 spiro atoms. The first kappa shape index (κ1) is 14.5. The molecule has 2 aromatic rings. The fraction of sp³-hybridized carbons (Fsp3) is 0.133. The van der Waals surface area contributed by atoms with E-state index in [0.29, 0.717) is 22.4 Å². The normalized spacial score (nSPS) is 10.2. The molecule has 20 heavy (non-hydrogen) atoms. The van der Waals surface area contributed by atoms with E-state index in [-0.39, 0.29) is 5.69 Å². The maximum Gasteiger partial charge on any atom is 0.259 e. The zero-order valence-electron chi connectivity index (χ0n) is 10.8. The van der Waals surface area contributed by atoms with Crippen molar-refractivity contribution in [1.82, 2.24) is 0 Å². The zero-order valence-corrected chi connectivity index (χ0v) is 12.4. The van der Waals surface area contributed by atoms with Crippen molar-refractivity contribution in [3.05, 3.63) is 58.3 Å². The van der Waals surface area contributed by atoms with E-state index >= 15 is 0 Å². The SMILES string of the molecule is CCOc1ccccc1C(=O)Nc1ccc(Br)cc1F. The van der Waals surface area contributed by atoms with Crippen LogP contribution in [0.2, 0.25) is 0 Å². The molecule has 3 nitrogen and oxygen atoms in total. The lowest BCUT2D eigenvalue weighted by molar-refractivity contribution is 0.102. The topological polar surface area (TPSA) is 38.3 Å². The molecular formula is C15H13BrFNO2. The quantitative estimate of drug-likeness (QED) is 0.906. The molecule has 0 heterocycles. The van der Waals surface area contributed by atoms with Crippen LogP contribution in [0.15, 0.2) is 46.9 Å². The average Bonchev–Trinajstić information content (AvgIpc) is 2.43. The van der Waals surface area contributed by atoms with Gasteiger partial charge in [0.25, 0.3) is 5.91 Å². The van der Waals surface area contributed by atoms with Crippen LogP contribution in [0.5, 0.6) is 5.75 Å². The molecule has 0 saturated carbocycles. The van der Waals surface area contributed by atoms with Gasteiger partial charge in [0.15, 0.2) is 0 Å². The number of nitrogens with one attached hydrogen (secondary N) is 1.